The van der Waals surface area contributed by atoms with Gasteiger partial charge in [-0.3, -0.25) is 4.79 Å². The number of ether oxygens (including phenoxy) is 1. The molecule has 0 saturated carbocycles. The van der Waals surface area contributed by atoms with Gasteiger partial charge < -0.3 is 14.6 Å². The normalized spacial score (nSPS) is 18.2. The molecule has 0 aliphatic carbocycles. The van der Waals surface area contributed by atoms with Crippen LogP contribution in [-0.4, -0.2) is 29.3 Å². The van der Waals surface area contributed by atoms with Gasteiger partial charge in [0.2, 0.25) is 11.8 Å². The van der Waals surface area contributed by atoms with Gasteiger partial charge in [0.05, 0.1) is 0 Å². The molecular weight excluding hydrogens is 258 g/mol. The van der Waals surface area contributed by atoms with Gasteiger partial charge in [-0.15, -0.1) is 0 Å². The average molecular weight is 281 g/mol. The van der Waals surface area contributed by atoms with Crippen molar-refractivity contribution in [1.29, 1.82) is 0 Å². The molecule has 2 heterocycles. The molecule has 1 aromatic rings. The predicted molar refractivity (Wildman–Crippen MR) is 72.9 cm³/mol. The van der Waals surface area contributed by atoms with Gasteiger partial charge >= 0.3 is 0 Å². The van der Waals surface area contributed by atoms with Crippen molar-refractivity contribution in [2.24, 2.45) is 11.8 Å². The number of aromatic nitrogens is 2. The van der Waals surface area contributed by atoms with Crippen LogP contribution in [0.1, 0.15) is 51.4 Å². The standard InChI is InChI=1S/C14H23N3O3/c1-9(2)8-12-16-14(20-17-12)10(3)15-13(18)11-4-6-19-7-5-11/h9-11H,4-8H2,1-3H3,(H,15,18)/t10-/m1/s1. The lowest BCUT2D eigenvalue weighted by Crippen LogP contribution is -2.35. The Bertz CT molecular complexity index is 439. The number of carbonyl (C=O) groups is 1. The van der Waals surface area contributed by atoms with Crippen molar-refractivity contribution in [3.8, 4) is 0 Å². The third kappa shape index (κ3) is 4.03. The van der Waals surface area contributed by atoms with Crippen LogP contribution in [0, 0.1) is 11.8 Å². The summed E-state index contributed by atoms with van der Waals surface area (Å²) >= 11 is 0. The Morgan fingerprint density at radius 3 is 2.70 bits per heavy atom. The molecule has 1 aliphatic heterocycles. The number of nitrogens with one attached hydrogen (secondary N) is 1. The minimum atomic E-state index is -0.251. The van der Waals surface area contributed by atoms with Crippen LogP contribution in [-0.2, 0) is 16.0 Å². The number of amides is 1. The third-order valence-electron chi connectivity index (χ3n) is 3.40. The van der Waals surface area contributed by atoms with E-state index < -0.39 is 0 Å². The molecule has 20 heavy (non-hydrogen) atoms. The Morgan fingerprint density at radius 2 is 2.05 bits per heavy atom. The van der Waals surface area contributed by atoms with Crippen molar-refractivity contribution in [3.05, 3.63) is 11.7 Å². The van der Waals surface area contributed by atoms with E-state index in [2.05, 4.69) is 29.3 Å². The van der Waals surface area contributed by atoms with Gasteiger partial charge in [-0.1, -0.05) is 19.0 Å². The molecule has 1 N–H and O–H groups in total. The zero-order chi connectivity index (χ0) is 14.5. The smallest absolute Gasteiger partial charge is 0.248 e. The van der Waals surface area contributed by atoms with Gasteiger partial charge in [-0.05, 0) is 25.7 Å². The first-order valence-corrected chi connectivity index (χ1v) is 7.27. The van der Waals surface area contributed by atoms with E-state index in [4.69, 9.17) is 9.26 Å². The van der Waals surface area contributed by atoms with Crippen LogP contribution in [0.4, 0.5) is 0 Å². The summed E-state index contributed by atoms with van der Waals surface area (Å²) in [6.45, 7) is 7.39. The topological polar surface area (TPSA) is 77.2 Å². The van der Waals surface area contributed by atoms with Crippen LogP contribution in [0.3, 0.4) is 0 Å². The molecule has 1 fully saturated rings. The van der Waals surface area contributed by atoms with Gasteiger partial charge in [0.1, 0.15) is 6.04 Å². The second-order valence-electron chi connectivity index (χ2n) is 5.76. The van der Waals surface area contributed by atoms with E-state index in [1.165, 1.54) is 0 Å². The molecule has 0 bridgehead atoms. The number of hydrogen-bond donors (Lipinski definition) is 1. The molecule has 0 aromatic carbocycles. The number of nitrogens with zero attached hydrogens (tertiary/aromatic N) is 2. The van der Waals surface area contributed by atoms with E-state index >= 15 is 0 Å². The van der Waals surface area contributed by atoms with Crippen LogP contribution in [0.15, 0.2) is 4.52 Å². The average Bonchev–Trinajstić information content (AvgIpc) is 2.87. The van der Waals surface area contributed by atoms with Crippen molar-refractivity contribution in [3.63, 3.8) is 0 Å². The predicted octanol–water partition coefficient (Wildman–Crippen LogP) is 1.87. The molecule has 1 amide bonds. The van der Waals surface area contributed by atoms with Crippen molar-refractivity contribution >= 4 is 5.91 Å². The molecule has 1 aliphatic rings. The summed E-state index contributed by atoms with van der Waals surface area (Å²) in [6.07, 6.45) is 2.34. The summed E-state index contributed by atoms with van der Waals surface area (Å²) < 4.78 is 10.5. The highest BCUT2D eigenvalue weighted by molar-refractivity contribution is 5.79. The van der Waals surface area contributed by atoms with E-state index in [0.29, 0.717) is 30.8 Å². The Balaban J connectivity index is 1.88. The van der Waals surface area contributed by atoms with Crippen molar-refractivity contribution < 1.29 is 14.1 Å². The maximum Gasteiger partial charge on any atom is 0.248 e. The summed E-state index contributed by atoms with van der Waals surface area (Å²) in [5, 5.41) is 6.88. The van der Waals surface area contributed by atoms with Gasteiger partial charge in [-0.25, -0.2) is 0 Å². The summed E-state index contributed by atoms with van der Waals surface area (Å²) in [4.78, 5) is 16.4. The minimum absolute atomic E-state index is 0.0317. The first-order chi connectivity index (χ1) is 9.56. The molecule has 0 spiro atoms. The molecule has 112 valence electrons. The van der Waals surface area contributed by atoms with Gasteiger partial charge in [0.15, 0.2) is 5.82 Å². The Labute approximate surface area is 119 Å². The van der Waals surface area contributed by atoms with E-state index in [-0.39, 0.29) is 17.9 Å². The maximum atomic E-state index is 12.1. The van der Waals surface area contributed by atoms with E-state index in [1.807, 2.05) is 6.92 Å². The van der Waals surface area contributed by atoms with E-state index in [1.54, 1.807) is 0 Å². The molecule has 6 nitrogen and oxygen atoms in total. The fourth-order valence-corrected chi connectivity index (χ4v) is 2.24. The molecule has 1 aromatic heterocycles. The zero-order valence-electron chi connectivity index (χ0n) is 12.4. The summed E-state index contributed by atoms with van der Waals surface area (Å²) in [5.74, 6) is 1.73. The van der Waals surface area contributed by atoms with Crippen LogP contribution in [0.5, 0.6) is 0 Å². The highest BCUT2D eigenvalue weighted by atomic mass is 16.5. The number of carbonyl (C=O) groups excluding carboxylic acids is 1. The zero-order valence-corrected chi connectivity index (χ0v) is 12.4. The molecular formula is C14H23N3O3. The molecule has 2 rings (SSSR count). The largest absolute Gasteiger partial charge is 0.381 e. The van der Waals surface area contributed by atoms with Crippen LogP contribution >= 0.6 is 0 Å². The lowest BCUT2D eigenvalue weighted by Gasteiger charge is -2.22. The maximum absolute atomic E-state index is 12.1. The lowest BCUT2D eigenvalue weighted by atomic mass is 9.99. The Kier molecular flexibility index (Phi) is 5.11. The quantitative estimate of drug-likeness (QED) is 0.891. The fraction of sp³-hybridized carbons (Fsp3) is 0.786. The minimum Gasteiger partial charge on any atom is -0.381 e. The van der Waals surface area contributed by atoms with E-state index in [9.17, 15) is 4.79 Å². The van der Waals surface area contributed by atoms with Gasteiger partial charge in [0.25, 0.3) is 0 Å². The highest BCUT2D eigenvalue weighted by Gasteiger charge is 2.24. The van der Waals surface area contributed by atoms with Gasteiger partial charge in [-0.2, -0.15) is 4.98 Å². The second kappa shape index (κ2) is 6.83. The summed E-state index contributed by atoms with van der Waals surface area (Å²) in [7, 11) is 0. The van der Waals surface area contributed by atoms with Crippen LogP contribution in [0.25, 0.3) is 0 Å². The molecule has 0 radical (unpaired) electrons. The molecule has 1 atom stereocenters. The summed E-state index contributed by atoms with van der Waals surface area (Å²) in [6, 6.07) is -0.251. The van der Waals surface area contributed by atoms with Gasteiger partial charge in [0, 0.05) is 25.6 Å². The summed E-state index contributed by atoms with van der Waals surface area (Å²) in [5.41, 5.74) is 0. The third-order valence-corrected chi connectivity index (χ3v) is 3.40. The molecule has 0 unspecified atom stereocenters. The first-order valence-electron chi connectivity index (χ1n) is 7.27. The monoisotopic (exact) mass is 281 g/mol. The van der Waals surface area contributed by atoms with Crippen molar-refractivity contribution in [1.82, 2.24) is 15.5 Å². The number of rotatable bonds is 5. The molecule has 6 heteroatoms. The van der Waals surface area contributed by atoms with Crippen LogP contribution < -0.4 is 5.32 Å². The van der Waals surface area contributed by atoms with Crippen molar-refractivity contribution in [2.75, 3.05) is 13.2 Å². The van der Waals surface area contributed by atoms with Crippen molar-refractivity contribution in [2.45, 2.75) is 46.1 Å². The Hall–Kier alpha value is -1.43. The SMILES string of the molecule is CC(C)Cc1noc([C@@H](C)NC(=O)C2CCOCC2)n1. The second-order valence-corrected chi connectivity index (χ2v) is 5.76. The number of hydrogen-bond acceptors (Lipinski definition) is 5. The highest BCUT2D eigenvalue weighted by Crippen LogP contribution is 2.17. The Morgan fingerprint density at radius 1 is 1.35 bits per heavy atom. The first kappa shape index (κ1) is 15.0. The fourth-order valence-electron chi connectivity index (χ4n) is 2.24. The molecule has 1 saturated heterocycles. The lowest BCUT2D eigenvalue weighted by molar-refractivity contribution is -0.128. The van der Waals surface area contributed by atoms with Crippen LogP contribution in [0.2, 0.25) is 0 Å². The van der Waals surface area contributed by atoms with E-state index in [0.717, 1.165) is 19.3 Å².